The van der Waals surface area contributed by atoms with Gasteiger partial charge in [0.2, 0.25) is 11.1 Å². The number of rotatable bonds is 6. The maximum atomic E-state index is 9.13. The fourth-order valence-corrected chi connectivity index (χ4v) is 2.87. The van der Waals surface area contributed by atoms with Gasteiger partial charge in [0.15, 0.2) is 4.98 Å². The van der Waals surface area contributed by atoms with Gasteiger partial charge in [-0.3, -0.25) is 0 Å². The van der Waals surface area contributed by atoms with Crippen molar-refractivity contribution in [1.29, 1.82) is 5.39 Å². The summed E-state index contributed by atoms with van der Waals surface area (Å²) in [5.74, 6) is 1.23. The van der Waals surface area contributed by atoms with Crippen LogP contribution in [0.25, 0.3) is 4.98 Å². The molecule has 0 spiro atoms. The third-order valence-electron chi connectivity index (χ3n) is 2.98. The summed E-state index contributed by atoms with van der Waals surface area (Å²) in [4.78, 5) is 5.32. The first-order valence-corrected chi connectivity index (χ1v) is 16.4. The van der Waals surface area contributed by atoms with Crippen LogP contribution in [0.5, 0.6) is 11.5 Å². The van der Waals surface area contributed by atoms with Gasteiger partial charge in [-0.05, 0) is 32.9 Å². The Morgan fingerprint density at radius 2 is 1.58 bits per heavy atom. The predicted octanol–water partition coefficient (Wildman–Crippen LogP) is 7.23. The molecule has 0 aliphatic rings. The molecule has 0 saturated carbocycles. The zero-order valence-corrected chi connectivity index (χ0v) is 21.0. The average Bonchev–Trinajstić information content (AvgIpc) is 2.60. The molecule has 0 bridgehead atoms. The van der Waals surface area contributed by atoms with Gasteiger partial charge in [0.1, 0.15) is 5.75 Å². The van der Waals surface area contributed by atoms with Crippen LogP contribution in [0, 0.1) is 12.3 Å². The number of aryl methyl sites for hydroxylation is 1. The SMILES string of the molecule is CCOc1cc(Sc2ccc(C)cc2)c(OCC)cc1[N+]#N.Cl.[Cl][Zn][Cl]. The van der Waals surface area contributed by atoms with Crippen molar-refractivity contribution >= 4 is 49.2 Å². The summed E-state index contributed by atoms with van der Waals surface area (Å²) in [7, 11) is 9.90. The van der Waals surface area contributed by atoms with Crippen LogP contribution in [0.1, 0.15) is 19.4 Å². The van der Waals surface area contributed by atoms with E-state index in [9.17, 15) is 0 Å². The molecule has 0 saturated heterocycles. The normalized spacial score (nSPS) is 8.92. The quantitative estimate of drug-likeness (QED) is 0.318. The Labute approximate surface area is 180 Å². The zero-order chi connectivity index (χ0) is 18.7. The molecule has 0 aliphatic heterocycles. The van der Waals surface area contributed by atoms with Crippen LogP contribution in [0.4, 0.5) is 5.69 Å². The molecule has 0 amide bonds. The van der Waals surface area contributed by atoms with Gasteiger partial charge in [-0.25, -0.2) is 0 Å². The molecule has 2 rings (SSSR count). The first kappa shape index (κ1) is 25.3. The van der Waals surface area contributed by atoms with Crippen LogP contribution < -0.4 is 9.47 Å². The second-order valence-electron chi connectivity index (χ2n) is 4.75. The number of ether oxygens (including phenoxy) is 2. The fraction of sp³-hybridized carbons (Fsp3) is 0.294. The molecule has 2 aromatic rings. The average molecular weight is 488 g/mol. The summed E-state index contributed by atoms with van der Waals surface area (Å²) in [6.07, 6.45) is 0. The van der Waals surface area contributed by atoms with Crippen LogP contribution in [0.15, 0.2) is 46.2 Å². The third kappa shape index (κ3) is 8.33. The second kappa shape index (κ2) is 14.4. The molecule has 26 heavy (non-hydrogen) atoms. The van der Waals surface area contributed by atoms with Crippen LogP contribution >= 0.6 is 43.6 Å². The first-order valence-electron chi connectivity index (χ1n) is 7.74. The summed E-state index contributed by atoms with van der Waals surface area (Å²) in [6.45, 7) is 6.92. The minimum absolute atomic E-state index is 0. The Morgan fingerprint density at radius 3 is 2.08 bits per heavy atom. The summed E-state index contributed by atoms with van der Waals surface area (Å²) < 4.78 is 11.2. The van der Waals surface area contributed by atoms with Gasteiger partial charge in [-0.15, -0.1) is 12.4 Å². The van der Waals surface area contributed by atoms with Crippen LogP contribution in [-0.2, 0) is 15.1 Å². The monoisotopic (exact) mass is 485 g/mol. The van der Waals surface area contributed by atoms with Crippen molar-refractivity contribution < 1.29 is 24.6 Å². The number of hydrogen-bond acceptors (Lipinski definition) is 4. The Kier molecular flexibility index (Phi) is 14.0. The molecule has 0 aliphatic carbocycles. The summed E-state index contributed by atoms with van der Waals surface area (Å²) >= 11 is 0.663. The summed E-state index contributed by atoms with van der Waals surface area (Å²) in [5.41, 5.74) is 1.59. The van der Waals surface area contributed by atoms with Crippen molar-refractivity contribution in [2.75, 3.05) is 13.2 Å². The molecule has 0 atom stereocenters. The van der Waals surface area contributed by atoms with Crippen molar-refractivity contribution in [2.45, 2.75) is 30.6 Å². The van der Waals surface area contributed by atoms with Crippen LogP contribution in [-0.4, -0.2) is 13.2 Å². The number of nitrogens with zero attached hydrogens (tertiary/aromatic N) is 2. The van der Waals surface area contributed by atoms with Crippen molar-refractivity contribution in [3.05, 3.63) is 46.9 Å². The molecular formula is C17H20Cl3N2O2SZn+. The van der Waals surface area contributed by atoms with E-state index in [0.717, 1.165) is 9.79 Å². The van der Waals surface area contributed by atoms with Crippen LogP contribution in [0.3, 0.4) is 0 Å². The summed E-state index contributed by atoms with van der Waals surface area (Å²) in [6, 6.07) is 11.8. The molecule has 0 aromatic heterocycles. The van der Waals surface area contributed by atoms with Gasteiger partial charge >= 0.3 is 40.2 Å². The van der Waals surface area contributed by atoms with E-state index in [4.69, 9.17) is 34.2 Å². The number of diazo groups is 1. The van der Waals surface area contributed by atoms with Crippen LogP contribution in [0.2, 0.25) is 0 Å². The molecule has 0 fully saturated rings. The molecular weight excluding hydrogens is 468 g/mol. The van der Waals surface area contributed by atoms with E-state index in [-0.39, 0.29) is 12.4 Å². The standard InChI is InChI=1S/C17H19N2O2S.3ClH.Zn/c1-4-20-15-11-17(16(21-5-2)10-14(15)19-18)22-13-8-6-12(3)7-9-13;;;;/h6-11H,4-5H2,1-3H3;3*1H;/q+1;;;;+2/p-2. The Morgan fingerprint density at radius 1 is 1.04 bits per heavy atom. The van der Waals surface area contributed by atoms with Gasteiger partial charge in [0, 0.05) is 11.0 Å². The molecule has 9 heteroatoms. The van der Waals surface area contributed by atoms with Gasteiger partial charge < -0.3 is 9.47 Å². The van der Waals surface area contributed by atoms with E-state index in [1.54, 1.807) is 17.8 Å². The van der Waals surface area contributed by atoms with Crippen molar-refractivity contribution in [2.24, 2.45) is 0 Å². The summed E-state index contributed by atoms with van der Waals surface area (Å²) in [5, 5.41) is 9.13. The second-order valence-corrected chi connectivity index (χ2v) is 10.5. The van der Waals surface area contributed by atoms with Crippen molar-refractivity contribution in [3.8, 4) is 11.5 Å². The van der Waals surface area contributed by atoms with E-state index in [2.05, 4.69) is 36.2 Å². The van der Waals surface area contributed by atoms with Gasteiger partial charge in [0.05, 0.1) is 24.2 Å². The molecule has 0 N–H and O–H groups in total. The Balaban J connectivity index is 0.00000146. The Hall–Kier alpha value is -0.697. The zero-order valence-electron chi connectivity index (χ0n) is 14.9. The minimum atomic E-state index is -0.931. The predicted molar refractivity (Wildman–Crippen MR) is 108 cm³/mol. The number of hydrogen-bond donors (Lipinski definition) is 0. The van der Waals surface area contributed by atoms with Gasteiger partial charge in [-0.1, -0.05) is 29.5 Å². The number of halogens is 3. The van der Waals surface area contributed by atoms with E-state index in [1.165, 1.54) is 5.56 Å². The van der Waals surface area contributed by atoms with E-state index in [1.807, 2.05) is 19.9 Å². The number of benzene rings is 2. The topological polar surface area (TPSA) is 46.6 Å². The molecule has 0 unspecified atom stereocenters. The van der Waals surface area contributed by atoms with E-state index < -0.39 is 15.1 Å². The van der Waals surface area contributed by atoms with Crippen molar-refractivity contribution in [1.82, 2.24) is 0 Å². The first-order chi connectivity index (χ1) is 12.1. The maximum absolute atomic E-state index is 9.13. The van der Waals surface area contributed by atoms with Crippen molar-refractivity contribution in [3.63, 3.8) is 0 Å². The van der Waals surface area contributed by atoms with E-state index >= 15 is 0 Å². The third-order valence-corrected chi connectivity index (χ3v) is 4.03. The molecule has 2 aromatic carbocycles. The molecule has 4 nitrogen and oxygen atoms in total. The molecule has 0 heterocycles. The van der Waals surface area contributed by atoms with Gasteiger partial charge in [0.25, 0.3) is 0 Å². The molecule has 0 radical (unpaired) electrons. The van der Waals surface area contributed by atoms with E-state index in [0.29, 0.717) is 30.4 Å². The van der Waals surface area contributed by atoms with Gasteiger partial charge in [-0.2, -0.15) is 0 Å². The molecule has 138 valence electrons. The fourth-order valence-electron chi connectivity index (χ4n) is 1.96. The Bertz CT molecular complexity index is 712.